The van der Waals surface area contributed by atoms with Crippen molar-refractivity contribution in [1.82, 2.24) is 20.2 Å². The molecule has 134 valence electrons. The van der Waals surface area contributed by atoms with E-state index < -0.39 is 0 Å². The van der Waals surface area contributed by atoms with E-state index in [0.29, 0.717) is 5.16 Å². The summed E-state index contributed by atoms with van der Waals surface area (Å²) in [7, 11) is 0. The largest absolute Gasteiger partial charge is 0.325 e. The highest BCUT2D eigenvalue weighted by Gasteiger charge is 2.20. The number of benzene rings is 2. The summed E-state index contributed by atoms with van der Waals surface area (Å²) in [4.78, 5) is 12.5. The van der Waals surface area contributed by atoms with Gasteiger partial charge in [-0.2, -0.15) is 4.68 Å². The lowest BCUT2D eigenvalue weighted by Crippen LogP contribution is -2.23. The van der Waals surface area contributed by atoms with E-state index in [1.807, 2.05) is 64.1 Å². The molecule has 0 aliphatic carbocycles. The summed E-state index contributed by atoms with van der Waals surface area (Å²) in [5.41, 5.74) is 5.10. The molecule has 0 aliphatic heterocycles. The summed E-state index contributed by atoms with van der Waals surface area (Å²) >= 11 is 1.33. The van der Waals surface area contributed by atoms with Gasteiger partial charge in [-0.15, -0.1) is 5.10 Å². The number of aryl methyl sites for hydroxylation is 3. The normalized spacial score (nSPS) is 12.0. The van der Waals surface area contributed by atoms with Crippen LogP contribution in [0.3, 0.4) is 0 Å². The number of nitrogens with one attached hydrogen (secondary N) is 1. The van der Waals surface area contributed by atoms with Crippen LogP contribution in [0.2, 0.25) is 0 Å². The van der Waals surface area contributed by atoms with E-state index in [-0.39, 0.29) is 11.2 Å². The van der Waals surface area contributed by atoms with E-state index in [2.05, 4.69) is 26.9 Å². The van der Waals surface area contributed by atoms with Gasteiger partial charge >= 0.3 is 0 Å². The van der Waals surface area contributed by atoms with Crippen molar-refractivity contribution < 1.29 is 4.79 Å². The summed E-state index contributed by atoms with van der Waals surface area (Å²) in [6, 6.07) is 13.8. The summed E-state index contributed by atoms with van der Waals surface area (Å²) in [5, 5.41) is 15.1. The Hall–Kier alpha value is -2.67. The van der Waals surface area contributed by atoms with Crippen LogP contribution in [-0.2, 0) is 4.79 Å². The molecule has 0 fully saturated rings. The van der Waals surface area contributed by atoms with Gasteiger partial charge in [-0.1, -0.05) is 47.2 Å². The Bertz CT molecular complexity index is 920. The van der Waals surface area contributed by atoms with Crippen LogP contribution in [0.25, 0.3) is 5.69 Å². The number of aromatic nitrogens is 4. The van der Waals surface area contributed by atoms with E-state index in [0.717, 1.165) is 22.5 Å². The minimum absolute atomic E-state index is 0.0889. The number of carbonyl (C=O) groups is 1. The third-order valence-electron chi connectivity index (χ3n) is 3.99. The second kappa shape index (κ2) is 7.70. The predicted molar refractivity (Wildman–Crippen MR) is 104 cm³/mol. The number of amides is 1. The molecule has 0 saturated carbocycles. The number of hydrogen-bond donors (Lipinski definition) is 1. The van der Waals surface area contributed by atoms with Gasteiger partial charge in [0.2, 0.25) is 11.1 Å². The van der Waals surface area contributed by atoms with Crippen molar-refractivity contribution in [3.05, 3.63) is 59.2 Å². The SMILES string of the molecule is Cc1ccc(NC(=O)C(C)Sc2nnnn2-c2ccc(C)cc2C)cc1. The Balaban J connectivity index is 1.74. The lowest BCUT2D eigenvalue weighted by atomic mass is 10.1. The molecule has 7 heteroatoms. The Morgan fingerprint density at radius 1 is 1.08 bits per heavy atom. The highest BCUT2D eigenvalue weighted by atomic mass is 32.2. The van der Waals surface area contributed by atoms with Crippen LogP contribution >= 0.6 is 11.8 Å². The fraction of sp³-hybridized carbons (Fsp3) is 0.263. The third-order valence-corrected chi connectivity index (χ3v) is 5.02. The van der Waals surface area contributed by atoms with Gasteiger partial charge in [-0.3, -0.25) is 4.79 Å². The molecule has 0 saturated heterocycles. The van der Waals surface area contributed by atoms with Crippen molar-refractivity contribution in [3.8, 4) is 5.69 Å². The van der Waals surface area contributed by atoms with Gasteiger partial charge < -0.3 is 5.32 Å². The highest BCUT2D eigenvalue weighted by molar-refractivity contribution is 8.00. The first-order valence-electron chi connectivity index (χ1n) is 8.34. The van der Waals surface area contributed by atoms with Crippen molar-refractivity contribution in [1.29, 1.82) is 0 Å². The smallest absolute Gasteiger partial charge is 0.237 e. The number of anilines is 1. The standard InChI is InChI=1S/C19H21N5OS/c1-12-5-8-16(9-6-12)20-18(25)15(4)26-19-21-22-23-24(19)17-10-7-13(2)11-14(17)3/h5-11,15H,1-4H3,(H,20,25). The van der Waals surface area contributed by atoms with Crippen LogP contribution in [0.1, 0.15) is 23.6 Å². The van der Waals surface area contributed by atoms with Crippen LogP contribution in [0, 0.1) is 20.8 Å². The van der Waals surface area contributed by atoms with Gasteiger partial charge in [0.25, 0.3) is 0 Å². The minimum atomic E-state index is -0.341. The lowest BCUT2D eigenvalue weighted by molar-refractivity contribution is -0.115. The number of nitrogens with zero attached hydrogens (tertiary/aromatic N) is 4. The Morgan fingerprint density at radius 3 is 2.46 bits per heavy atom. The molecule has 0 radical (unpaired) electrons. The Labute approximate surface area is 157 Å². The molecule has 1 heterocycles. The molecule has 1 amide bonds. The molecule has 1 atom stereocenters. The molecule has 3 aromatic rings. The fourth-order valence-corrected chi connectivity index (χ4v) is 3.34. The fourth-order valence-electron chi connectivity index (χ4n) is 2.54. The average molecular weight is 367 g/mol. The summed E-state index contributed by atoms with van der Waals surface area (Å²) in [6.45, 7) is 7.92. The van der Waals surface area contributed by atoms with Crippen molar-refractivity contribution in [3.63, 3.8) is 0 Å². The molecule has 3 rings (SSSR count). The summed E-state index contributed by atoms with van der Waals surface area (Å²) < 4.78 is 1.68. The monoisotopic (exact) mass is 367 g/mol. The number of tetrazole rings is 1. The van der Waals surface area contributed by atoms with Gasteiger partial charge in [0, 0.05) is 5.69 Å². The third kappa shape index (κ3) is 4.11. The zero-order chi connectivity index (χ0) is 18.7. The van der Waals surface area contributed by atoms with E-state index in [4.69, 9.17) is 0 Å². The number of hydrogen-bond acceptors (Lipinski definition) is 5. The van der Waals surface area contributed by atoms with Crippen molar-refractivity contribution in [2.75, 3.05) is 5.32 Å². The van der Waals surface area contributed by atoms with Crippen LogP contribution in [0.5, 0.6) is 0 Å². The van der Waals surface area contributed by atoms with Crippen LogP contribution in [0.15, 0.2) is 47.6 Å². The van der Waals surface area contributed by atoms with E-state index in [9.17, 15) is 4.79 Å². The van der Waals surface area contributed by atoms with E-state index >= 15 is 0 Å². The molecule has 1 aromatic heterocycles. The quantitative estimate of drug-likeness (QED) is 0.696. The topological polar surface area (TPSA) is 72.7 Å². The van der Waals surface area contributed by atoms with Gasteiger partial charge in [-0.05, 0) is 61.9 Å². The van der Waals surface area contributed by atoms with Gasteiger partial charge in [0.15, 0.2) is 0 Å². The number of carbonyl (C=O) groups excluding carboxylic acids is 1. The molecule has 26 heavy (non-hydrogen) atoms. The molecule has 0 spiro atoms. The van der Waals surface area contributed by atoms with Gasteiger partial charge in [0.1, 0.15) is 0 Å². The molecule has 6 nitrogen and oxygen atoms in total. The zero-order valence-electron chi connectivity index (χ0n) is 15.2. The number of rotatable bonds is 5. The second-order valence-corrected chi connectivity index (χ2v) is 7.59. The molecular formula is C19H21N5OS. The number of thioether (sulfide) groups is 1. The first kappa shape index (κ1) is 18.1. The van der Waals surface area contributed by atoms with Gasteiger partial charge in [-0.25, -0.2) is 0 Å². The van der Waals surface area contributed by atoms with Crippen molar-refractivity contribution in [2.45, 2.75) is 38.1 Å². The first-order valence-corrected chi connectivity index (χ1v) is 9.22. The molecular weight excluding hydrogens is 346 g/mol. The second-order valence-electron chi connectivity index (χ2n) is 6.28. The summed E-state index contributed by atoms with van der Waals surface area (Å²) in [5.74, 6) is -0.0889. The maximum Gasteiger partial charge on any atom is 0.237 e. The lowest BCUT2D eigenvalue weighted by Gasteiger charge is -2.13. The zero-order valence-corrected chi connectivity index (χ0v) is 16.0. The average Bonchev–Trinajstić information content (AvgIpc) is 3.04. The van der Waals surface area contributed by atoms with Crippen LogP contribution in [0.4, 0.5) is 5.69 Å². The maximum absolute atomic E-state index is 12.5. The molecule has 1 N–H and O–H groups in total. The Kier molecular flexibility index (Phi) is 5.37. The van der Waals surface area contributed by atoms with Crippen molar-refractivity contribution >= 4 is 23.4 Å². The molecule has 0 aliphatic rings. The minimum Gasteiger partial charge on any atom is -0.325 e. The summed E-state index contributed by atoms with van der Waals surface area (Å²) in [6.07, 6.45) is 0. The maximum atomic E-state index is 12.5. The highest BCUT2D eigenvalue weighted by Crippen LogP contribution is 2.25. The van der Waals surface area contributed by atoms with Crippen LogP contribution < -0.4 is 5.32 Å². The Morgan fingerprint density at radius 2 is 1.77 bits per heavy atom. The van der Waals surface area contributed by atoms with E-state index in [1.165, 1.54) is 17.3 Å². The van der Waals surface area contributed by atoms with E-state index in [1.54, 1.807) is 4.68 Å². The first-order chi connectivity index (χ1) is 12.4. The molecule has 0 bridgehead atoms. The van der Waals surface area contributed by atoms with Crippen LogP contribution in [-0.4, -0.2) is 31.4 Å². The van der Waals surface area contributed by atoms with Crippen molar-refractivity contribution in [2.24, 2.45) is 0 Å². The molecule has 2 aromatic carbocycles. The predicted octanol–water partition coefficient (Wildman–Crippen LogP) is 3.71. The van der Waals surface area contributed by atoms with Gasteiger partial charge in [0.05, 0.1) is 10.9 Å². The molecule has 1 unspecified atom stereocenters.